The molecular formula is C15H17F4NO5. The van der Waals surface area contributed by atoms with Crippen LogP contribution in [0.3, 0.4) is 0 Å². The van der Waals surface area contributed by atoms with E-state index in [1.165, 1.54) is 0 Å². The van der Waals surface area contributed by atoms with Gasteiger partial charge in [-0.05, 0) is 26.0 Å². The van der Waals surface area contributed by atoms with E-state index in [4.69, 9.17) is 9.47 Å². The van der Waals surface area contributed by atoms with Gasteiger partial charge in [0.2, 0.25) is 0 Å². The van der Waals surface area contributed by atoms with Gasteiger partial charge in [0.1, 0.15) is 23.2 Å². The normalized spacial score (nSPS) is 21.2. The van der Waals surface area contributed by atoms with Crippen LogP contribution >= 0.6 is 0 Å². The van der Waals surface area contributed by atoms with Gasteiger partial charge < -0.3 is 25.0 Å². The Labute approximate surface area is 140 Å². The summed E-state index contributed by atoms with van der Waals surface area (Å²) in [5.74, 6) is -4.79. The minimum atomic E-state index is -5.03. The summed E-state index contributed by atoms with van der Waals surface area (Å²) in [6.07, 6.45) is -6.98. The molecule has 2 atom stereocenters. The molecule has 0 radical (unpaired) electrons. The van der Waals surface area contributed by atoms with Gasteiger partial charge in [-0.15, -0.1) is 0 Å². The van der Waals surface area contributed by atoms with Crippen LogP contribution in [0.15, 0.2) is 12.1 Å². The van der Waals surface area contributed by atoms with Crippen molar-refractivity contribution >= 4 is 5.91 Å². The van der Waals surface area contributed by atoms with E-state index in [1.54, 1.807) is 13.8 Å². The van der Waals surface area contributed by atoms with Crippen LogP contribution in [-0.4, -0.2) is 47.3 Å². The maximum Gasteiger partial charge on any atom is 0.420 e. The smallest absolute Gasteiger partial charge is 0.420 e. The third kappa shape index (κ3) is 4.59. The second-order valence-corrected chi connectivity index (χ2v) is 5.99. The third-order valence-corrected chi connectivity index (χ3v) is 3.56. The van der Waals surface area contributed by atoms with Crippen molar-refractivity contribution < 1.29 is 42.0 Å². The first-order valence-corrected chi connectivity index (χ1v) is 7.28. The zero-order valence-corrected chi connectivity index (χ0v) is 13.4. The highest BCUT2D eigenvalue weighted by Crippen LogP contribution is 2.38. The fourth-order valence-corrected chi connectivity index (χ4v) is 2.32. The summed E-state index contributed by atoms with van der Waals surface area (Å²) in [4.78, 5) is 12.0. The van der Waals surface area contributed by atoms with Crippen LogP contribution in [0.2, 0.25) is 0 Å². The van der Waals surface area contributed by atoms with E-state index in [9.17, 15) is 32.6 Å². The Morgan fingerprint density at radius 1 is 1.44 bits per heavy atom. The van der Waals surface area contributed by atoms with E-state index in [0.717, 1.165) is 0 Å². The molecule has 1 aromatic rings. The second-order valence-electron chi connectivity index (χ2n) is 5.99. The van der Waals surface area contributed by atoms with Crippen molar-refractivity contribution in [2.75, 3.05) is 13.2 Å². The molecule has 10 heteroatoms. The molecule has 1 heterocycles. The van der Waals surface area contributed by atoms with Crippen LogP contribution in [0.4, 0.5) is 17.6 Å². The lowest BCUT2D eigenvalue weighted by Crippen LogP contribution is -2.40. The van der Waals surface area contributed by atoms with Crippen molar-refractivity contribution in [3.63, 3.8) is 0 Å². The number of benzene rings is 1. The number of halogens is 4. The van der Waals surface area contributed by atoms with Gasteiger partial charge in [-0.1, -0.05) is 0 Å². The molecule has 140 valence electrons. The molecule has 1 aromatic carbocycles. The molecule has 2 unspecified atom stereocenters. The van der Waals surface area contributed by atoms with Crippen molar-refractivity contribution in [2.24, 2.45) is 0 Å². The number of phenols is 1. The molecule has 2 rings (SSSR count). The molecule has 1 aliphatic heterocycles. The Morgan fingerprint density at radius 2 is 2.08 bits per heavy atom. The fourth-order valence-electron chi connectivity index (χ4n) is 2.32. The molecule has 0 spiro atoms. The Bertz CT molecular complexity index is 662. The first kappa shape index (κ1) is 19.4. The van der Waals surface area contributed by atoms with Gasteiger partial charge in [0.15, 0.2) is 5.79 Å². The van der Waals surface area contributed by atoms with Crippen LogP contribution in [0.5, 0.6) is 5.75 Å². The largest absolute Gasteiger partial charge is 0.506 e. The number of carbonyl (C=O) groups is 1. The molecule has 1 saturated heterocycles. The molecule has 6 nitrogen and oxygen atoms in total. The summed E-state index contributed by atoms with van der Waals surface area (Å²) in [6, 6.07) is 0.567. The van der Waals surface area contributed by atoms with Gasteiger partial charge in [0.25, 0.3) is 5.91 Å². The Kier molecular flexibility index (Phi) is 5.26. The number of nitrogens with one attached hydrogen (secondary N) is 1. The number of hydrogen-bond donors (Lipinski definition) is 3. The SMILES string of the molecule is CC1(C)OCC(C(O)CNC(=O)c2cc(F)cc(C(F)(F)F)c2O)O1. The number of phenolic OH excluding ortho intramolecular Hbond substituents is 1. The number of aliphatic hydroxyl groups is 1. The number of rotatable bonds is 4. The van der Waals surface area contributed by atoms with Gasteiger partial charge in [-0.2, -0.15) is 13.2 Å². The van der Waals surface area contributed by atoms with Crippen LogP contribution in [0, 0.1) is 5.82 Å². The summed E-state index contributed by atoms with van der Waals surface area (Å²) in [7, 11) is 0. The Hall–Kier alpha value is -1.91. The number of aromatic hydroxyl groups is 1. The van der Waals surface area contributed by atoms with Crippen LogP contribution in [-0.2, 0) is 15.7 Å². The lowest BCUT2D eigenvalue weighted by Gasteiger charge is -2.21. The first-order valence-electron chi connectivity index (χ1n) is 7.28. The average molecular weight is 367 g/mol. The van der Waals surface area contributed by atoms with Crippen LogP contribution in [0.1, 0.15) is 29.8 Å². The predicted octanol–water partition coefficient (Wildman–Crippen LogP) is 1.79. The topological polar surface area (TPSA) is 88.0 Å². The van der Waals surface area contributed by atoms with Gasteiger partial charge in [-0.25, -0.2) is 4.39 Å². The number of ether oxygens (including phenoxy) is 2. The zero-order valence-electron chi connectivity index (χ0n) is 13.4. The minimum Gasteiger partial charge on any atom is -0.506 e. The lowest BCUT2D eigenvalue weighted by atomic mass is 10.1. The van der Waals surface area contributed by atoms with Crippen LogP contribution in [0.25, 0.3) is 0 Å². The van der Waals surface area contributed by atoms with E-state index < -0.39 is 52.8 Å². The highest BCUT2D eigenvalue weighted by atomic mass is 19.4. The van der Waals surface area contributed by atoms with Gasteiger partial charge in [-0.3, -0.25) is 4.79 Å². The standard InChI is InChI=1S/C15H17F4NO5/c1-14(2)24-6-11(25-14)10(21)5-20-13(23)8-3-7(16)4-9(12(8)22)15(17,18)19/h3-4,10-11,21-22H,5-6H2,1-2H3,(H,20,23). The van der Waals surface area contributed by atoms with Crippen LogP contribution < -0.4 is 5.32 Å². The zero-order chi connectivity index (χ0) is 19.0. The number of carbonyl (C=O) groups excluding carboxylic acids is 1. The summed E-state index contributed by atoms with van der Waals surface area (Å²) in [5, 5.41) is 21.7. The summed E-state index contributed by atoms with van der Waals surface area (Å²) in [6.45, 7) is 2.93. The summed E-state index contributed by atoms with van der Waals surface area (Å²) < 4.78 is 62.2. The van der Waals surface area contributed by atoms with Gasteiger partial charge in [0.05, 0.1) is 18.3 Å². The molecule has 0 aliphatic carbocycles. The molecule has 3 N–H and O–H groups in total. The Morgan fingerprint density at radius 3 is 2.60 bits per heavy atom. The maximum atomic E-state index is 13.4. The van der Waals surface area contributed by atoms with E-state index in [1.807, 2.05) is 0 Å². The maximum absolute atomic E-state index is 13.4. The molecule has 0 bridgehead atoms. The highest BCUT2D eigenvalue weighted by Gasteiger charge is 2.38. The molecule has 0 aromatic heterocycles. The molecule has 1 fully saturated rings. The summed E-state index contributed by atoms with van der Waals surface area (Å²) >= 11 is 0. The monoisotopic (exact) mass is 367 g/mol. The second kappa shape index (κ2) is 6.77. The predicted molar refractivity (Wildman–Crippen MR) is 76.3 cm³/mol. The van der Waals surface area contributed by atoms with E-state index in [2.05, 4.69) is 5.32 Å². The van der Waals surface area contributed by atoms with Crippen molar-refractivity contribution in [1.82, 2.24) is 5.32 Å². The minimum absolute atomic E-state index is 0.0630. The van der Waals surface area contributed by atoms with E-state index in [0.29, 0.717) is 6.07 Å². The van der Waals surface area contributed by atoms with Crippen molar-refractivity contribution in [2.45, 2.75) is 38.0 Å². The molecule has 25 heavy (non-hydrogen) atoms. The van der Waals surface area contributed by atoms with E-state index in [-0.39, 0.29) is 19.2 Å². The van der Waals surface area contributed by atoms with Crippen molar-refractivity contribution in [1.29, 1.82) is 0 Å². The van der Waals surface area contributed by atoms with E-state index >= 15 is 0 Å². The van der Waals surface area contributed by atoms with Gasteiger partial charge >= 0.3 is 6.18 Å². The first-order chi connectivity index (χ1) is 11.4. The fraction of sp³-hybridized carbons (Fsp3) is 0.533. The number of aliphatic hydroxyl groups excluding tert-OH is 1. The lowest BCUT2D eigenvalue weighted by molar-refractivity contribution is -0.150. The average Bonchev–Trinajstić information content (AvgIpc) is 2.85. The molecule has 1 amide bonds. The highest BCUT2D eigenvalue weighted by molar-refractivity contribution is 5.97. The number of hydrogen-bond acceptors (Lipinski definition) is 5. The summed E-state index contributed by atoms with van der Waals surface area (Å²) in [5.41, 5.74) is -2.55. The quantitative estimate of drug-likeness (QED) is 0.707. The molecule has 0 saturated carbocycles. The molecule has 1 aliphatic rings. The Balaban J connectivity index is 2.08. The third-order valence-electron chi connectivity index (χ3n) is 3.56. The van der Waals surface area contributed by atoms with Gasteiger partial charge in [0, 0.05) is 6.54 Å². The van der Waals surface area contributed by atoms with Crippen molar-refractivity contribution in [3.8, 4) is 5.75 Å². The number of alkyl halides is 3. The van der Waals surface area contributed by atoms with Crippen molar-refractivity contribution in [3.05, 3.63) is 29.1 Å². The number of amides is 1. The molecular weight excluding hydrogens is 350 g/mol.